The van der Waals surface area contributed by atoms with Gasteiger partial charge in [-0.15, -0.1) is 11.3 Å². The van der Waals surface area contributed by atoms with Crippen molar-refractivity contribution >= 4 is 45.6 Å². The van der Waals surface area contributed by atoms with E-state index in [-0.39, 0.29) is 17.0 Å². The summed E-state index contributed by atoms with van der Waals surface area (Å²) in [6.45, 7) is 3.54. The molecule has 0 radical (unpaired) electrons. The first-order chi connectivity index (χ1) is 8.02. The fourth-order valence-electron chi connectivity index (χ4n) is 1.30. The first-order valence-corrected chi connectivity index (χ1v) is 5.93. The Morgan fingerprint density at radius 2 is 2.24 bits per heavy atom. The van der Waals surface area contributed by atoms with Crippen LogP contribution in [0.15, 0.2) is 4.99 Å². The molecule has 0 saturated carbocycles. The quantitative estimate of drug-likeness (QED) is 0.516. The van der Waals surface area contributed by atoms with Gasteiger partial charge in [-0.1, -0.05) is 0 Å². The number of carbonyl (C=O) groups excluding carboxylic acids is 2. The first-order valence-electron chi connectivity index (χ1n) is 4.71. The SMILES string of the molecule is CCOC(=O)c1c(N=C=S)sc(C(N)=O)c1C. The Kier molecular flexibility index (Phi) is 4.51. The number of hydrogen-bond acceptors (Lipinski definition) is 6. The van der Waals surface area contributed by atoms with Gasteiger partial charge in [0.2, 0.25) is 0 Å². The summed E-state index contributed by atoms with van der Waals surface area (Å²) in [7, 11) is 0. The topological polar surface area (TPSA) is 81.8 Å². The number of rotatable bonds is 4. The molecule has 1 amide bonds. The highest BCUT2D eigenvalue weighted by molar-refractivity contribution is 7.78. The summed E-state index contributed by atoms with van der Waals surface area (Å²) in [6.07, 6.45) is 0. The van der Waals surface area contributed by atoms with Crippen molar-refractivity contribution in [3.05, 3.63) is 16.0 Å². The van der Waals surface area contributed by atoms with Gasteiger partial charge in [-0.2, -0.15) is 4.99 Å². The minimum Gasteiger partial charge on any atom is -0.462 e. The molecule has 1 rings (SSSR count). The van der Waals surface area contributed by atoms with E-state index in [9.17, 15) is 9.59 Å². The summed E-state index contributed by atoms with van der Waals surface area (Å²) in [5.74, 6) is -1.15. The molecule has 90 valence electrons. The van der Waals surface area contributed by atoms with Crippen LogP contribution in [0, 0.1) is 6.92 Å². The van der Waals surface area contributed by atoms with Crippen molar-refractivity contribution in [3.8, 4) is 0 Å². The number of nitrogens with zero attached hydrogens (tertiary/aromatic N) is 1. The van der Waals surface area contributed by atoms with Crippen LogP contribution in [-0.2, 0) is 4.74 Å². The van der Waals surface area contributed by atoms with Gasteiger partial charge in [0.05, 0.1) is 16.6 Å². The molecule has 0 aliphatic carbocycles. The molecular weight excluding hydrogens is 260 g/mol. The normalized spacial score (nSPS) is 9.53. The van der Waals surface area contributed by atoms with E-state index in [4.69, 9.17) is 10.5 Å². The zero-order valence-corrected chi connectivity index (χ0v) is 10.9. The molecule has 7 heteroatoms. The minimum atomic E-state index is -0.608. The zero-order valence-electron chi connectivity index (χ0n) is 9.27. The standard InChI is InChI=1S/C10H10N2O3S2/c1-3-15-10(14)6-5(2)7(8(11)13)17-9(6)12-4-16/h3H2,1-2H3,(H2,11,13). The van der Waals surface area contributed by atoms with E-state index >= 15 is 0 Å². The zero-order chi connectivity index (χ0) is 13.0. The van der Waals surface area contributed by atoms with Gasteiger partial charge >= 0.3 is 5.97 Å². The highest BCUT2D eigenvalue weighted by atomic mass is 32.1. The number of aliphatic imine (C=N–C) groups is 1. The van der Waals surface area contributed by atoms with Crippen LogP contribution in [0.3, 0.4) is 0 Å². The van der Waals surface area contributed by atoms with Gasteiger partial charge in [-0.25, -0.2) is 4.79 Å². The molecule has 1 aromatic rings. The Bertz CT molecular complexity index is 516. The summed E-state index contributed by atoms with van der Waals surface area (Å²) < 4.78 is 4.88. The third-order valence-electron chi connectivity index (χ3n) is 1.98. The van der Waals surface area contributed by atoms with E-state index in [1.807, 2.05) is 0 Å². The average molecular weight is 270 g/mol. The lowest BCUT2D eigenvalue weighted by Crippen LogP contribution is -2.11. The van der Waals surface area contributed by atoms with Crippen LogP contribution in [0.5, 0.6) is 0 Å². The van der Waals surface area contributed by atoms with E-state index in [0.29, 0.717) is 10.6 Å². The first kappa shape index (κ1) is 13.5. The van der Waals surface area contributed by atoms with Crippen LogP contribution in [0.1, 0.15) is 32.5 Å². The number of amides is 1. The van der Waals surface area contributed by atoms with Crippen molar-refractivity contribution in [2.24, 2.45) is 10.7 Å². The Balaban J connectivity index is 3.39. The number of nitrogens with two attached hydrogens (primary N) is 1. The number of hydrogen-bond donors (Lipinski definition) is 1. The highest BCUT2D eigenvalue weighted by Gasteiger charge is 2.24. The largest absolute Gasteiger partial charge is 0.462 e. The number of esters is 1. The molecule has 2 N–H and O–H groups in total. The van der Waals surface area contributed by atoms with Crippen molar-refractivity contribution in [2.75, 3.05) is 6.61 Å². The maximum Gasteiger partial charge on any atom is 0.341 e. The third kappa shape index (κ3) is 2.76. The van der Waals surface area contributed by atoms with Gasteiger partial charge in [-0.3, -0.25) is 4.79 Å². The van der Waals surface area contributed by atoms with E-state index in [0.717, 1.165) is 11.3 Å². The second-order valence-corrected chi connectivity index (χ2v) is 4.21. The van der Waals surface area contributed by atoms with Crippen LogP contribution in [0.4, 0.5) is 5.00 Å². The molecule has 1 aromatic heterocycles. The molecular formula is C10H10N2O3S2. The maximum atomic E-state index is 11.7. The average Bonchev–Trinajstić information content (AvgIpc) is 2.56. The molecule has 5 nitrogen and oxygen atoms in total. The van der Waals surface area contributed by atoms with Crippen molar-refractivity contribution in [1.29, 1.82) is 0 Å². The Labute approximate surface area is 107 Å². The number of carbonyl (C=O) groups is 2. The predicted octanol–water partition coefficient (Wildman–Crippen LogP) is 2.07. The molecule has 0 spiro atoms. The number of thiophene rings is 1. The van der Waals surface area contributed by atoms with Gasteiger partial charge in [0.25, 0.3) is 5.91 Å². The van der Waals surface area contributed by atoms with Crippen LogP contribution in [-0.4, -0.2) is 23.6 Å². The van der Waals surface area contributed by atoms with Gasteiger partial charge in [0.1, 0.15) is 10.6 Å². The van der Waals surface area contributed by atoms with Gasteiger partial charge in [0, 0.05) is 0 Å². The van der Waals surface area contributed by atoms with Crippen molar-refractivity contribution in [3.63, 3.8) is 0 Å². The lowest BCUT2D eigenvalue weighted by molar-refractivity contribution is 0.0527. The van der Waals surface area contributed by atoms with Gasteiger partial charge in [0.15, 0.2) is 0 Å². The molecule has 0 fully saturated rings. The second kappa shape index (κ2) is 5.67. The minimum absolute atomic E-state index is 0.225. The van der Waals surface area contributed by atoms with Crippen molar-refractivity contribution in [1.82, 2.24) is 0 Å². The Morgan fingerprint density at radius 3 is 2.71 bits per heavy atom. The van der Waals surface area contributed by atoms with Crippen LogP contribution in [0.2, 0.25) is 0 Å². The molecule has 1 heterocycles. The highest BCUT2D eigenvalue weighted by Crippen LogP contribution is 2.35. The fourth-order valence-corrected chi connectivity index (χ4v) is 2.43. The van der Waals surface area contributed by atoms with Crippen LogP contribution < -0.4 is 5.73 Å². The monoisotopic (exact) mass is 270 g/mol. The number of isothiocyanates is 1. The Morgan fingerprint density at radius 1 is 1.59 bits per heavy atom. The predicted molar refractivity (Wildman–Crippen MR) is 68.2 cm³/mol. The van der Waals surface area contributed by atoms with Crippen LogP contribution in [0.25, 0.3) is 0 Å². The molecule has 0 atom stereocenters. The summed E-state index contributed by atoms with van der Waals surface area (Å²) in [5.41, 5.74) is 5.89. The molecule has 0 unspecified atom stereocenters. The third-order valence-corrected chi connectivity index (χ3v) is 3.27. The summed E-state index contributed by atoms with van der Waals surface area (Å²) in [4.78, 5) is 26.9. The second-order valence-electron chi connectivity index (χ2n) is 3.02. The Hall–Kier alpha value is -1.56. The summed E-state index contributed by atoms with van der Waals surface area (Å²) in [6, 6.07) is 0. The van der Waals surface area contributed by atoms with E-state index in [1.54, 1.807) is 13.8 Å². The number of thiocarbonyl (C=S) groups is 1. The van der Waals surface area contributed by atoms with Gasteiger partial charge < -0.3 is 10.5 Å². The number of primary amides is 1. The smallest absolute Gasteiger partial charge is 0.341 e. The molecule has 0 bridgehead atoms. The van der Waals surface area contributed by atoms with Gasteiger partial charge in [-0.05, 0) is 31.6 Å². The lowest BCUT2D eigenvalue weighted by Gasteiger charge is -2.01. The fraction of sp³-hybridized carbons (Fsp3) is 0.300. The van der Waals surface area contributed by atoms with E-state index in [1.165, 1.54) is 0 Å². The summed E-state index contributed by atoms with van der Waals surface area (Å²) >= 11 is 5.49. The molecule has 0 aliphatic heterocycles. The number of ether oxygens (including phenoxy) is 1. The summed E-state index contributed by atoms with van der Waals surface area (Å²) in [5, 5.41) is 2.46. The van der Waals surface area contributed by atoms with E-state index in [2.05, 4.69) is 22.4 Å². The van der Waals surface area contributed by atoms with E-state index < -0.39 is 11.9 Å². The molecule has 0 aromatic carbocycles. The molecule has 17 heavy (non-hydrogen) atoms. The molecule has 0 aliphatic rings. The van der Waals surface area contributed by atoms with Crippen molar-refractivity contribution in [2.45, 2.75) is 13.8 Å². The maximum absolute atomic E-state index is 11.7. The lowest BCUT2D eigenvalue weighted by atomic mass is 10.1. The van der Waals surface area contributed by atoms with Crippen molar-refractivity contribution < 1.29 is 14.3 Å². The van der Waals surface area contributed by atoms with Crippen LogP contribution >= 0.6 is 23.6 Å². The molecule has 0 saturated heterocycles.